The standard InChI is InChI=1S/C17H21ClO5.C15H15ClO4/c1-3-22-16(20)17(8-5-9-21-11-17)23-15(19)10-13-12(2)6-4-7-14(13)18;1-9-4-2-5-10(16)11(9)12-13(17)15(20-14(12)18)6-3-7-19-8-15/h4,6-7H,3,5,8-11H2,1-2H3;2,4-5,17H,3,6-8H2,1H3. The van der Waals surface area contributed by atoms with Crippen molar-refractivity contribution in [3.8, 4) is 0 Å². The lowest BCUT2D eigenvalue weighted by Crippen LogP contribution is -2.51. The Kier molecular flexibility index (Phi) is 10.8. The Balaban J connectivity index is 0.000000198. The largest absolute Gasteiger partial charge is 0.507 e. The van der Waals surface area contributed by atoms with E-state index >= 15 is 0 Å². The summed E-state index contributed by atoms with van der Waals surface area (Å²) in [6.45, 7) is 7.04. The molecule has 0 aromatic heterocycles. The maximum atomic E-state index is 12.4. The summed E-state index contributed by atoms with van der Waals surface area (Å²) in [6.07, 6.45) is 2.35. The van der Waals surface area contributed by atoms with E-state index in [2.05, 4.69) is 0 Å². The van der Waals surface area contributed by atoms with E-state index < -0.39 is 29.1 Å². The summed E-state index contributed by atoms with van der Waals surface area (Å²) in [4.78, 5) is 36.8. The molecule has 1 N–H and O–H groups in total. The van der Waals surface area contributed by atoms with Crippen LogP contribution in [0.4, 0.5) is 0 Å². The topological polar surface area (TPSA) is 118 Å². The average molecular weight is 636 g/mol. The fourth-order valence-electron chi connectivity index (χ4n) is 5.41. The number of halogens is 2. The lowest BCUT2D eigenvalue weighted by molar-refractivity contribution is -0.196. The number of aliphatic hydroxyl groups excluding tert-OH is 1. The van der Waals surface area contributed by atoms with Crippen LogP contribution in [0.25, 0.3) is 5.57 Å². The van der Waals surface area contributed by atoms with Crippen LogP contribution in [0, 0.1) is 13.8 Å². The van der Waals surface area contributed by atoms with Gasteiger partial charge in [0, 0.05) is 35.2 Å². The van der Waals surface area contributed by atoms with Gasteiger partial charge in [0.15, 0.2) is 11.4 Å². The maximum absolute atomic E-state index is 12.4. The molecule has 2 aromatic rings. The van der Waals surface area contributed by atoms with Gasteiger partial charge in [-0.05, 0) is 68.9 Å². The maximum Gasteiger partial charge on any atom is 0.353 e. The molecule has 2 aromatic carbocycles. The first-order valence-corrected chi connectivity index (χ1v) is 15.0. The van der Waals surface area contributed by atoms with E-state index in [1.54, 1.807) is 25.1 Å². The number of esters is 3. The molecule has 9 nitrogen and oxygen atoms in total. The second-order valence-electron chi connectivity index (χ2n) is 10.8. The first kappa shape index (κ1) is 32.8. The zero-order valence-electron chi connectivity index (χ0n) is 24.5. The Morgan fingerprint density at radius 3 is 2.19 bits per heavy atom. The van der Waals surface area contributed by atoms with Gasteiger partial charge in [-0.15, -0.1) is 0 Å². The van der Waals surface area contributed by atoms with Crippen molar-refractivity contribution in [3.05, 3.63) is 74.5 Å². The molecule has 3 aliphatic heterocycles. The minimum atomic E-state index is -1.35. The average Bonchev–Trinajstić information content (AvgIpc) is 3.20. The van der Waals surface area contributed by atoms with Crippen LogP contribution in [-0.4, -0.2) is 67.3 Å². The molecule has 0 aliphatic carbocycles. The Labute approximate surface area is 261 Å². The summed E-state index contributed by atoms with van der Waals surface area (Å²) in [5, 5.41) is 11.5. The molecule has 2 saturated heterocycles. The Hall–Kier alpha value is -3.11. The van der Waals surface area contributed by atoms with Gasteiger partial charge in [0.05, 0.1) is 26.2 Å². The molecular formula is C32H36Cl2O9. The van der Waals surface area contributed by atoms with Crippen molar-refractivity contribution in [2.24, 2.45) is 0 Å². The fraction of sp³-hybridized carbons (Fsp3) is 0.469. The minimum absolute atomic E-state index is 0.00661. The summed E-state index contributed by atoms with van der Waals surface area (Å²) in [7, 11) is 0. The Morgan fingerprint density at radius 2 is 1.60 bits per heavy atom. The molecule has 2 fully saturated rings. The van der Waals surface area contributed by atoms with E-state index in [0.29, 0.717) is 53.6 Å². The number of ether oxygens (including phenoxy) is 5. The molecule has 2 unspecified atom stereocenters. The van der Waals surface area contributed by atoms with Gasteiger partial charge in [-0.2, -0.15) is 0 Å². The highest BCUT2D eigenvalue weighted by molar-refractivity contribution is 6.35. The van der Waals surface area contributed by atoms with Crippen LogP contribution < -0.4 is 0 Å². The zero-order chi connectivity index (χ0) is 31.2. The van der Waals surface area contributed by atoms with Crippen LogP contribution in [-0.2, 0) is 44.5 Å². The lowest BCUT2D eigenvalue weighted by atomic mass is 9.91. The van der Waals surface area contributed by atoms with Crippen LogP contribution in [0.3, 0.4) is 0 Å². The smallest absolute Gasteiger partial charge is 0.353 e. The van der Waals surface area contributed by atoms with Crippen LogP contribution in [0.5, 0.6) is 0 Å². The van der Waals surface area contributed by atoms with Crippen molar-refractivity contribution in [1.82, 2.24) is 0 Å². The Morgan fingerprint density at radius 1 is 0.953 bits per heavy atom. The molecule has 232 valence electrons. The number of aryl methyl sites for hydroxylation is 2. The number of rotatable bonds is 6. The summed E-state index contributed by atoms with van der Waals surface area (Å²) >= 11 is 12.3. The third-order valence-corrected chi connectivity index (χ3v) is 8.34. The molecule has 43 heavy (non-hydrogen) atoms. The highest BCUT2D eigenvalue weighted by Gasteiger charge is 2.50. The molecule has 3 aliphatic rings. The van der Waals surface area contributed by atoms with Crippen molar-refractivity contribution >= 4 is 46.7 Å². The molecule has 1 spiro atoms. The quantitative estimate of drug-likeness (QED) is 0.307. The summed E-state index contributed by atoms with van der Waals surface area (Å²) in [6, 6.07) is 10.8. The second kappa shape index (κ2) is 14.1. The van der Waals surface area contributed by atoms with Crippen LogP contribution in [0.1, 0.15) is 54.9 Å². The fourth-order valence-corrected chi connectivity index (χ4v) is 6.01. The molecule has 0 bridgehead atoms. The van der Waals surface area contributed by atoms with Gasteiger partial charge in [-0.25, -0.2) is 9.59 Å². The van der Waals surface area contributed by atoms with Gasteiger partial charge in [0.25, 0.3) is 0 Å². The van der Waals surface area contributed by atoms with Gasteiger partial charge in [0.2, 0.25) is 5.60 Å². The van der Waals surface area contributed by atoms with E-state index in [1.807, 2.05) is 32.0 Å². The molecular weight excluding hydrogens is 599 g/mol. The molecule has 0 saturated carbocycles. The molecule has 0 radical (unpaired) electrons. The van der Waals surface area contributed by atoms with Crippen molar-refractivity contribution < 1.29 is 43.2 Å². The van der Waals surface area contributed by atoms with E-state index in [0.717, 1.165) is 17.5 Å². The molecule has 3 heterocycles. The van der Waals surface area contributed by atoms with Crippen molar-refractivity contribution in [2.45, 2.75) is 64.1 Å². The molecule has 2 atom stereocenters. The van der Waals surface area contributed by atoms with E-state index in [-0.39, 0.29) is 37.6 Å². The minimum Gasteiger partial charge on any atom is -0.507 e. The predicted octanol–water partition coefficient (Wildman–Crippen LogP) is 5.87. The summed E-state index contributed by atoms with van der Waals surface area (Å²) in [5.74, 6) is -1.66. The molecule has 5 rings (SSSR count). The van der Waals surface area contributed by atoms with E-state index in [9.17, 15) is 19.5 Å². The van der Waals surface area contributed by atoms with Gasteiger partial charge < -0.3 is 28.8 Å². The van der Waals surface area contributed by atoms with Crippen LogP contribution >= 0.6 is 23.2 Å². The number of hydrogen-bond donors (Lipinski definition) is 1. The summed E-state index contributed by atoms with van der Waals surface area (Å²) in [5.41, 5.74) is 0.758. The Bertz CT molecular complexity index is 1350. The van der Waals surface area contributed by atoms with E-state index in [4.69, 9.17) is 46.9 Å². The highest BCUT2D eigenvalue weighted by atomic mass is 35.5. The number of benzene rings is 2. The zero-order valence-corrected chi connectivity index (χ0v) is 26.0. The molecule has 0 amide bonds. The van der Waals surface area contributed by atoms with Crippen molar-refractivity contribution in [2.75, 3.05) is 33.0 Å². The third-order valence-electron chi connectivity index (χ3n) is 7.67. The highest BCUT2D eigenvalue weighted by Crippen LogP contribution is 2.43. The van der Waals surface area contributed by atoms with Gasteiger partial charge in [-0.1, -0.05) is 47.5 Å². The SMILES string of the molecule is CCOC(=O)C1(OC(=O)Cc2c(C)cccc2Cl)CCCOC1.Cc1cccc(Cl)c1C1=C(O)C2(CCCOC2)OC1=O. The first-order valence-electron chi connectivity index (χ1n) is 14.2. The summed E-state index contributed by atoms with van der Waals surface area (Å²) < 4.78 is 26.7. The monoisotopic (exact) mass is 634 g/mol. The number of aliphatic hydroxyl groups is 1. The number of carbonyl (C=O) groups excluding carboxylic acids is 3. The lowest BCUT2D eigenvalue weighted by Gasteiger charge is -2.34. The normalized spacial score (nSPS) is 23.3. The third kappa shape index (κ3) is 7.17. The van der Waals surface area contributed by atoms with Gasteiger partial charge >= 0.3 is 17.9 Å². The second-order valence-corrected chi connectivity index (χ2v) is 11.6. The van der Waals surface area contributed by atoms with Crippen LogP contribution in [0.15, 0.2) is 42.2 Å². The number of carbonyl (C=O) groups is 3. The van der Waals surface area contributed by atoms with Crippen molar-refractivity contribution in [3.63, 3.8) is 0 Å². The van der Waals surface area contributed by atoms with Crippen LogP contribution in [0.2, 0.25) is 10.0 Å². The number of hydrogen-bond acceptors (Lipinski definition) is 9. The van der Waals surface area contributed by atoms with E-state index in [1.165, 1.54) is 0 Å². The van der Waals surface area contributed by atoms with Gasteiger partial charge in [0.1, 0.15) is 5.57 Å². The van der Waals surface area contributed by atoms with Gasteiger partial charge in [-0.3, -0.25) is 4.79 Å². The predicted molar refractivity (Wildman–Crippen MR) is 160 cm³/mol. The molecule has 11 heteroatoms. The van der Waals surface area contributed by atoms with Crippen molar-refractivity contribution in [1.29, 1.82) is 0 Å². The first-order chi connectivity index (χ1) is 20.5.